The number of aryl methyl sites for hydroxylation is 1. The third-order valence-corrected chi connectivity index (χ3v) is 8.04. The number of allylic oxidation sites excluding steroid dienone is 2. The lowest BCUT2D eigenvalue weighted by molar-refractivity contribution is 0.0514. The minimum absolute atomic E-state index is 0.0567. The topological polar surface area (TPSA) is 161 Å². The first-order valence-electron chi connectivity index (χ1n) is 15.2. The molecule has 2 aliphatic rings. The number of hydrazine groups is 2. The highest BCUT2D eigenvalue weighted by Crippen LogP contribution is 2.28. The van der Waals surface area contributed by atoms with Crippen LogP contribution >= 0.6 is 0 Å². The molecular weight excluding hydrogens is 605 g/mol. The van der Waals surface area contributed by atoms with E-state index in [9.17, 15) is 18.8 Å². The molecule has 0 saturated carbocycles. The summed E-state index contributed by atoms with van der Waals surface area (Å²) < 4.78 is 22.2. The summed E-state index contributed by atoms with van der Waals surface area (Å²) in [6.07, 6.45) is 12.3. The van der Waals surface area contributed by atoms with Crippen molar-refractivity contribution >= 4 is 28.8 Å². The minimum Gasteiger partial charge on any atom is -0.461 e. The number of hydrogen-bond donors (Lipinski definition) is 4. The van der Waals surface area contributed by atoms with Gasteiger partial charge in [-0.1, -0.05) is 12.1 Å². The number of nitrogens with one attached hydrogen (secondary N) is 3. The van der Waals surface area contributed by atoms with Crippen LogP contribution in [0.25, 0.3) is 22.4 Å². The SMILES string of the molecule is CCOC(=O)c1c(-c2ccc(F)cc2)c(=O)c(C(=O)Nc2ccc(C3=CC(c4cnn(C5CCNCC5)c4)=CNN3N)nc2)cn1C. The number of benzene rings is 1. The first-order chi connectivity index (χ1) is 22.7. The fraction of sp³-hybridized carbons (Fsp3) is 0.242. The van der Waals surface area contributed by atoms with Crippen molar-refractivity contribution in [2.24, 2.45) is 12.9 Å². The van der Waals surface area contributed by atoms with Crippen LogP contribution < -0.4 is 27.3 Å². The lowest BCUT2D eigenvalue weighted by atomic mass is 10.00. The van der Waals surface area contributed by atoms with Crippen molar-refractivity contribution in [3.63, 3.8) is 0 Å². The Morgan fingerprint density at radius 1 is 1.09 bits per heavy atom. The average molecular weight is 640 g/mol. The molecule has 242 valence electrons. The summed E-state index contributed by atoms with van der Waals surface area (Å²) in [4.78, 5) is 44.4. The first kappa shape index (κ1) is 31.4. The molecule has 3 aromatic heterocycles. The standard InChI is InChI=1S/C33H34FN9O4/c1-3-47-33(46)30-29(20-4-6-23(34)7-5-20)31(44)26(19-41(30)2)32(45)40-24-8-9-27(37-17-24)28-14-21(15-39-43(28)35)22-16-38-42(18-22)25-10-12-36-13-11-25/h4-9,14-19,25,36,39H,3,10-13,35H2,1-2H3,(H,40,45). The molecule has 1 fully saturated rings. The molecular formula is C33H34FN9O4. The number of nitrogens with zero attached hydrogens (tertiary/aromatic N) is 5. The summed E-state index contributed by atoms with van der Waals surface area (Å²) in [5, 5.41) is 12.0. The van der Waals surface area contributed by atoms with Gasteiger partial charge in [0.15, 0.2) is 0 Å². The summed E-state index contributed by atoms with van der Waals surface area (Å²) in [5.74, 6) is 4.23. The number of hydrogen-bond acceptors (Lipinski definition) is 10. The number of ether oxygens (including phenoxy) is 1. The van der Waals surface area contributed by atoms with E-state index < -0.39 is 23.1 Å². The molecule has 0 radical (unpaired) electrons. The van der Waals surface area contributed by atoms with E-state index in [0.717, 1.165) is 37.1 Å². The zero-order valence-corrected chi connectivity index (χ0v) is 25.9. The average Bonchev–Trinajstić information content (AvgIpc) is 3.58. The van der Waals surface area contributed by atoms with Gasteiger partial charge < -0.3 is 19.9 Å². The fourth-order valence-electron chi connectivity index (χ4n) is 5.63. The van der Waals surface area contributed by atoms with Gasteiger partial charge in [0.2, 0.25) is 5.43 Å². The first-order valence-corrected chi connectivity index (χ1v) is 15.2. The van der Waals surface area contributed by atoms with Gasteiger partial charge in [-0.15, -0.1) is 0 Å². The van der Waals surface area contributed by atoms with Crippen LogP contribution in [0, 0.1) is 5.82 Å². The van der Waals surface area contributed by atoms with Crippen LogP contribution in [0.3, 0.4) is 0 Å². The van der Waals surface area contributed by atoms with E-state index >= 15 is 0 Å². The van der Waals surface area contributed by atoms with E-state index in [4.69, 9.17) is 10.6 Å². The Bertz CT molecular complexity index is 1920. The summed E-state index contributed by atoms with van der Waals surface area (Å²) in [5.41, 5.74) is 5.47. The second kappa shape index (κ2) is 13.4. The van der Waals surface area contributed by atoms with Crippen LogP contribution in [0.2, 0.25) is 0 Å². The van der Waals surface area contributed by atoms with E-state index in [0.29, 0.717) is 23.1 Å². The zero-order chi connectivity index (χ0) is 33.1. The van der Waals surface area contributed by atoms with E-state index in [1.54, 1.807) is 25.3 Å². The number of amides is 1. The predicted molar refractivity (Wildman–Crippen MR) is 174 cm³/mol. The largest absolute Gasteiger partial charge is 0.461 e. The number of rotatable bonds is 8. The van der Waals surface area contributed by atoms with E-state index in [2.05, 4.69) is 26.1 Å². The van der Waals surface area contributed by atoms with Crippen molar-refractivity contribution in [2.75, 3.05) is 25.0 Å². The molecule has 14 heteroatoms. The lowest BCUT2D eigenvalue weighted by Crippen LogP contribution is -2.41. The van der Waals surface area contributed by atoms with E-state index in [-0.39, 0.29) is 29.0 Å². The molecule has 47 heavy (non-hydrogen) atoms. The molecule has 4 aromatic rings. The number of carbonyl (C=O) groups excluding carboxylic acids is 2. The maximum atomic E-state index is 13.7. The van der Waals surface area contributed by atoms with Crippen molar-refractivity contribution in [2.45, 2.75) is 25.8 Å². The number of piperidine rings is 1. The van der Waals surface area contributed by atoms with Gasteiger partial charge >= 0.3 is 5.97 Å². The Hall–Kier alpha value is -5.60. The van der Waals surface area contributed by atoms with Crippen LogP contribution in [0.5, 0.6) is 0 Å². The summed E-state index contributed by atoms with van der Waals surface area (Å²) >= 11 is 0. The second-order valence-electron chi connectivity index (χ2n) is 11.1. The molecule has 0 unspecified atom stereocenters. The zero-order valence-electron chi connectivity index (χ0n) is 25.9. The molecule has 0 atom stereocenters. The highest BCUT2D eigenvalue weighted by atomic mass is 19.1. The van der Waals surface area contributed by atoms with Gasteiger partial charge in [0.25, 0.3) is 5.91 Å². The molecule has 13 nitrogen and oxygen atoms in total. The molecule has 1 aromatic carbocycles. The van der Waals surface area contributed by atoms with Gasteiger partial charge in [0.1, 0.15) is 22.8 Å². The lowest BCUT2D eigenvalue weighted by Gasteiger charge is -2.26. The van der Waals surface area contributed by atoms with E-state index in [1.165, 1.54) is 53.4 Å². The molecule has 5 N–H and O–H groups in total. The number of aromatic nitrogens is 4. The van der Waals surface area contributed by atoms with Crippen molar-refractivity contribution in [3.05, 3.63) is 112 Å². The maximum absolute atomic E-state index is 13.7. The number of pyridine rings is 2. The van der Waals surface area contributed by atoms with Gasteiger partial charge in [0.05, 0.1) is 42.0 Å². The second-order valence-corrected chi connectivity index (χ2v) is 11.1. The Balaban J connectivity index is 1.23. The van der Waals surface area contributed by atoms with Gasteiger partial charge in [-0.25, -0.2) is 20.1 Å². The smallest absolute Gasteiger partial charge is 0.355 e. The number of carbonyl (C=O) groups is 2. The molecule has 0 bridgehead atoms. The third kappa shape index (κ3) is 6.55. The van der Waals surface area contributed by atoms with Crippen molar-refractivity contribution in [3.8, 4) is 11.1 Å². The number of anilines is 1. The fourth-order valence-corrected chi connectivity index (χ4v) is 5.63. The van der Waals surface area contributed by atoms with Crippen LogP contribution in [-0.2, 0) is 11.8 Å². The normalized spacial score (nSPS) is 15.0. The Morgan fingerprint density at radius 2 is 1.85 bits per heavy atom. The van der Waals surface area contributed by atoms with Crippen molar-refractivity contribution in [1.29, 1.82) is 0 Å². The molecule has 0 aliphatic carbocycles. The predicted octanol–water partition coefficient (Wildman–Crippen LogP) is 3.21. The number of esters is 1. The molecule has 0 spiro atoms. The molecule has 1 saturated heterocycles. The molecule has 5 heterocycles. The highest BCUT2D eigenvalue weighted by molar-refractivity contribution is 6.06. The summed E-state index contributed by atoms with van der Waals surface area (Å²) in [7, 11) is 1.53. The number of halogens is 1. The van der Waals surface area contributed by atoms with Crippen molar-refractivity contribution in [1.82, 2.24) is 35.2 Å². The van der Waals surface area contributed by atoms with Gasteiger partial charge in [0, 0.05) is 36.8 Å². The Labute approximate surface area is 269 Å². The Morgan fingerprint density at radius 3 is 2.55 bits per heavy atom. The van der Waals surface area contributed by atoms with Gasteiger partial charge in [-0.2, -0.15) is 5.10 Å². The highest BCUT2D eigenvalue weighted by Gasteiger charge is 2.26. The van der Waals surface area contributed by atoms with Crippen LogP contribution in [0.15, 0.2) is 78.3 Å². The van der Waals surface area contributed by atoms with Gasteiger partial charge in [-0.05, 0) is 68.8 Å². The van der Waals surface area contributed by atoms with Crippen LogP contribution in [-0.4, -0.2) is 56.0 Å². The number of nitrogens with two attached hydrogens (primary N) is 1. The van der Waals surface area contributed by atoms with Gasteiger partial charge in [-0.3, -0.25) is 24.7 Å². The van der Waals surface area contributed by atoms with E-state index in [1.807, 2.05) is 23.2 Å². The maximum Gasteiger partial charge on any atom is 0.355 e. The third-order valence-electron chi connectivity index (χ3n) is 8.04. The molecule has 1 amide bonds. The quantitative estimate of drug-likeness (QED) is 0.166. The van der Waals surface area contributed by atoms with Crippen LogP contribution in [0.4, 0.5) is 10.1 Å². The summed E-state index contributed by atoms with van der Waals surface area (Å²) in [6, 6.07) is 8.77. The van der Waals surface area contributed by atoms with Crippen LogP contribution in [0.1, 0.15) is 57.9 Å². The molecule has 6 rings (SSSR count). The van der Waals surface area contributed by atoms with Crippen molar-refractivity contribution < 1.29 is 18.7 Å². The minimum atomic E-state index is -0.743. The molecule has 2 aliphatic heterocycles. The monoisotopic (exact) mass is 639 g/mol. The summed E-state index contributed by atoms with van der Waals surface area (Å²) in [6.45, 7) is 3.65. The Kier molecular flexibility index (Phi) is 8.95.